The molecule has 2 aromatic heterocycles. The SMILES string of the molecule is Cc1cc(C)n(-c2ccc(NC(=O)N3CC[C@H](n4nc(C)cc4C)C3)cc2)n1. The predicted molar refractivity (Wildman–Crippen MR) is 109 cm³/mol. The summed E-state index contributed by atoms with van der Waals surface area (Å²) in [5.41, 5.74) is 5.99. The lowest BCUT2D eigenvalue weighted by molar-refractivity contribution is 0.220. The average Bonchev–Trinajstić information content (AvgIpc) is 3.34. The number of carbonyl (C=O) groups is 1. The summed E-state index contributed by atoms with van der Waals surface area (Å²) < 4.78 is 3.95. The van der Waals surface area contributed by atoms with Gasteiger partial charge in [-0.25, -0.2) is 9.48 Å². The molecule has 1 atom stereocenters. The summed E-state index contributed by atoms with van der Waals surface area (Å²) in [6.45, 7) is 9.48. The van der Waals surface area contributed by atoms with E-state index in [-0.39, 0.29) is 12.1 Å². The van der Waals surface area contributed by atoms with E-state index in [4.69, 9.17) is 0 Å². The first-order valence-electron chi connectivity index (χ1n) is 9.63. The van der Waals surface area contributed by atoms with Crippen LogP contribution in [0.5, 0.6) is 0 Å². The van der Waals surface area contributed by atoms with Crippen molar-refractivity contribution in [3.05, 3.63) is 59.2 Å². The molecule has 0 radical (unpaired) electrons. The number of aromatic nitrogens is 4. The Hall–Kier alpha value is -3.09. The lowest BCUT2D eigenvalue weighted by Gasteiger charge is -2.18. The standard InChI is InChI=1S/C21H26N6O/c1-14-11-16(3)26(23-14)19-7-5-18(6-8-19)22-21(28)25-10-9-20(13-25)27-17(4)12-15(2)24-27/h5-8,11-12,20H,9-10,13H2,1-4H3,(H,22,28)/t20-/m0/s1. The van der Waals surface area contributed by atoms with Gasteiger partial charge in [-0.2, -0.15) is 10.2 Å². The Labute approximate surface area is 165 Å². The number of rotatable bonds is 3. The second kappa shape index (κ2) is 7.14. The van der Waals surface area contributed by atoms with Crippen molar-refractivity contribution >= 4 is 11.7 Å². The minimum atomic E-state index is -0.0668. The summed E-state index contributed by atoms with van der Waals surface area (Å²) >= 11 is 0. The number of hydrogen-bond acceptors (Lipinski definition) is 3. The molecule has 1 aliphatic heterocycles. The molecule has 1 aliphatic rings. The summed E-state index contributed by atoms with van der Waals surface area (Å²) in [6, 6.07) is 12.1. The van der Waals surface area contributed by atoms with Crippen LogP contribution in [0.25, 0.3) is 5.69 Å². The van der Waals surface area contributed by atoms with Gasteiger partial charge in [0.15, 0.2) is 0 Å². The van der Waals surface area contributed by atoms with Crippen LogP contribution in [0, 0.1) is 27.7 Å². The topological polar surface area (TPSA) is 68.0 Å². The third kappa shape index (κ3) is 3.52. The molecule has 0 saturated carbocycles. The number of nitrogens with one attached hydrogen (secondary N) is 1. The van der Waals surface area contributed by atoms with Gasteiger partial charge in [0.2, 0.25) is 0 Å². The molecule has 0 unspecified atom stereocenters. The number of anilines is 1. The molecule has 4 rings (SSSR count). The molecule has 2 amide bonds. The highest BCUT2D eigenvalue weighted by Gasteiger charge is 2.28. The molecule has 3 aromatic rings. The van der Waals surface area contributed by atoms with Crippen LogP contribution in [0.2, 0.25) is 0 Å². The van der Waals surface area contributed by atoms with Gasteiger partial charge in [0.1, 0.15) is 0 Å². The third-order valence-electron chi connectivity index (χ3n) is 5.21. The first kappa shape index (κ1) is 18.3. The molecule has 146 valence electrons. The van der Waals surface area contributed by atoms with Gasteiger partial charge in [-0.15, -0.1) is 0 Å². The van der Waals surface area contributed by atoms with Gasteiger partial charge in [0.25, 0.3) is 0 Å². The maximum atomic E-state index is 12.7. The molecule has 28 heavy (non-hydrogen) atoms. The van der Waals surface area contributed by atoms with Gasteiger partial charge >= 0.3 is 6.03 Å². The molecule has 0 bridgehead atoms. The molecule has 1 saturated heterocycles. The normalized spacial score (nSPS) is 16.6. The smallest absolute Gasteiger partial charge is 0.321 e. The number of hydrogen-bond donors (Lipinski definition) is 1. The number of nitrogens with zero attached hydrogens (tertiary/aromatic N) is 5. The van der Waals surface area contributed by atoms with Crippen molar-refractivity contribution in [1.82, 2.24) is 24.5 Å². The zero-order chi connectivity index (χ0) is 19.8. The van der Waals surface area contributed by atoms with Gasteiger partial charge in [-0.3, -0.25) is 4.68 Å². The molecule has 0 aliphatic carbocycles. The molecule has 0 spiro atoms. The van der Waals surface area contributed by atoms with E-state index in [1.165, 1.54) is 0 Å². The van der Waals surface area contributed by atoms with Crippen LogP contribution in [0.15, 0.2) is 36.4 Å². The summed E-state index contributed by atoms with van der Waals surface area (Å²) in [6.07, 6.45) is 0.923. The Morgan fingerprint density at radius 2 is 1.68 bits per heavy atom. The van der Waals surface area contributed by atoms with Crippen molar-refractivity contribution in [1.29, 1.82) is 0 Å². The average molecular weight is 378 g/mol. The van der Waals surface area contributed by atoms with Crippen molar-refractivity contribution in [2.75, 3.05) is 18.4 Å². The number of urea groups is 1. The van der Waals surface area contributed by atoms with E-state index in [1.807, 2.05) is 65.4 Å². The molecule has 1 fully saturated rings. The van der Waals surface area contributed by atoms with Crippen molar-refractivity contribution in [2.45, 2.75) is 40.2 Å². The highest BCUT2D eigenvalue weighted by atomic mass is 16.2. The minimum Gasteiger partial charge on any atom is -0.322 e. The number of aryl methyl sites for hydroxylation is 4. The molecular weight excluding hydrogens is 352 g/mol. The Kier molecular flexibility index (Phi) is 4.66. The van der Waals surface area contributed by atoms with E-state index in [9.17, 15) is 4.79 Å². The number of amides is 2. The molecule has 1 N–H and O–H groups in total. The molecule has 3 heterocycles. The summed E-state index contributed by atoms with van der Waals surface area (Å²) in [5, 5.41) is 12.1. The predicted octanol–water partition coefficient (Wildman–Crippen LogP) is 3.78. The van der Waals surface area contributed by atoms with Crippen molar-refractivity contribution in [3.63, 3.8) is 0 Å². The monoisotopic (exact) mass is 378 g/mol. The number of likely N-dealkylation sites (tertiary alicyclic amines) is 1. The van der Waals surface area contributed by atoms with Crippen LogP contribution in [-0.4, -0.2) is 43.6 Å². The molecular formula is C21H26N6O. The second-order valence-corrected chi connectivity index (χ2v) is 7.58. The van der Waals surface area contributed by atoms with Crippen molar-refractivity contribution in [3.8, 4) is 5.69 Å². The quantitative estimate of drug-likeness (QED) is 0.754. The van der Waals surface area contributed by atoms with E-state index >= 15 is 0 Å². The Morgan fingerprint density at radius 1 is 1.00 bits per heavy atom. The van der Waals surface area contributed by atoms with Crippen LogP contribution in [0.4, 0.5) is 10.5 Å². The maximum Gasteiger partial charge on any atom is 0.321 e. The second-order valence-electron chi connectivity index (χ2n) is 7.58. The van der Waals surface area contributed by atoms with E-state index in [1.54, 1.807) is 0 Å². The van der Waals surface area contributed by atoms with Gasteiger partial charge in [-0.1, -0.05) is 0 Å². The van der Waals surface area contributed by atoms with Crippen LogP contribution < -0.4 is 5.32 Å². The lowest BCUT2D eigenvalue weighted by Crippen LogP contribution is -2.33. The maximum absolute atomic E-state index is 12.7. The molecule has 7 heteroatoms. The van der Waals surface area contributed by atoms with Crippen molar-refractivity contribution < 1.29 is 4.79 Å². The Morgan fingerprint density at radius 3 is 2.29 bits per heavy atom. The van der Waals surface area contributed by atoms with Gasteiger partial charge in [0, 0.05) is 30.2 Å². The van der Waals surface area contributed by atoms with E-state index < -0.39 is 0 Å². The fourth-order valence-corrected chi connectivity index (χ4v) is 3.92. The van der Waals surface area contributed by atoms with E-state index in [0.29, 0.717) is 6.54 Å². The van der Waals surface area contributed by atoms with Gasteiger partial charge in [0.05, 0.1) is 23.1 Å². The van der Waals surface area contributed by atoms with Crippen LogP contribution in [0.3, 0.4) is 0 Å². The van der Waals surface area contributed by atoms with Crippen LogP contribution in [0.1, 0.15) is 35.2 Å². The number of carbonyl (C=O) groups excluding carboxylic acids is 1. The fourth-order valence-electron chi connectivity index (χ4n) is 3.92. The molecule has 1 aromatic carbocycles. The van der Waals surface area contributed by atoms with Gasteiger partial charge < -0.3 is 10.2 Å². The first-order valence-corrected chi connectivity index (χ1v) is 9.63. The third-order valence-corrected chi connectivity index (χ3v) is 5.21. The number of benzene rings is 1. The van der Waals surface area contributed by atoms with Crippen molar-refractivity contribution in [2.24, 2.45) is 0 Å². The van der Waals surface area contributed by atoms with Crippen LogP contribution in [-0.2, 0) is 0 Å². The highest BCUT2D eigenvalue weighted by molar-refractivity contribution is 5.89. The zero-order valence-corrected chi connectivity index (χ0v) is 16.8. The summed E-state index contributed by atoms with van der Waals surface area (Å²) in [5.74, 6) is 0. The fraction of sp³-hybridized carbons (Fsp3) is 0.381. The highest BCUT2D eigenvalue weighted by Crippen LogP contribution is 2.24. The zero-order valence-electron chi connectivity index (χ0n) is 16.8. The van der Waals surface area contributed by atoms with Crippen LogP contribution >= 0.6 is 0 Å². The summed E-state index contributed by atoms with van der Waals surface area (Å²) in [7, 11) is 0. The largest absolute Gasteiger partial charge is 0.322 e. The first-order chi connectivity index (χ1) is 13.4. The lowest BCUT2D eigenvalue weighted by atomic mass is 10.2. The Bertz CT molecular complexity index is 1000. The minimum absolute atomic E-state index is 0.0668. The molecule has 7 nitrogen and oxygen atoms in total. The van der Waals surface area contributed by atoms with Gasteiger partial charge in [-0.05, 0) is 70.5 Å². The Balaban J connectivity index is 1.40. The van der Waals surface area contributed by atoms with E-state index in [0.717, 1.165) is 47.1 Å². The summed E-state index contributed by atoms with van der Waals surface area (Å²) in [4.78, 5) is 14.5. The van der Waals surface area contributed by atoms with E-state index in [2.05, 4.69) is 28.5 Å².